The van der Waals surface area contributed by atoms with Crippen LogP contribution < -0.4 is 5.73 Å². The summed E-state index contributed by atoms with van der Waals surface area (Å²) in [6.07, 6.45) is -1.76. The molecule has 1 unspecified atom stereocenters. The van der Waals surface area contributed by atoms with E-state index in [4.69, 9.17) is 15.6 Å². The molecule has 0 heterocycles. The maximum atomic E-state index is 11.0. The number of aliphatic hydroxyl groups is 1. The summed E-state index contributed by atoms with van der Waals surface area (Å²) in [4.78, 5) is 21.8. The van der Waals surface area contributed by atoms with Crippen molar-refractivity contribution in [3.05, 3.63) is 0 Å². The summed E-state index contributed by atoms with van der Waals surface area (Å²) in [5, 5.41) is 9.05. The number of ether oxygens (including phenoxy) is 1. The van der Waals surface area contributed by atoms with Gasteiger partial charge in [-0.1, -0.05) is 0 Å². The number of hydrogen-bond acceptors (Lipinski definition) is 5. The number of aliphatic hydroxyl groups excluding tert-OH is 1. The second kappa shape index (κ2) is 4.34. The zero-order valence-electron chi connectivity index (χ0n) is 8.03. The van der Waals surface area contributed by atoms with Crippen molar-refractivity contribution in [2.45, 2.75) is 32.5 Å². The van der Waals surface area contributed by atoms with Crippen LogP contribution in [0, 0.1) is 0 Å². The summed E-state index contributed by atoms with van der Waals surface area (Å²) >= 11 is 0. The number of carbonyl (C=O) groups excluding carboxylic acids is 2. The molecule has 0 aromatic heterocycles. The Kier molecular flexibility index (Phi) is 4.03. The monoisotopic (exact) mass is 189 g/mol. The highest BCUT2D eigenvalue weighted by Gasteiger charge is 2.27. The van der Waals surface area contributed by atoms with Crippen molar-refractivity contribution in [3.8, 4) is 0 Å². The summed E-state index contributed by atoms with van der Waals surface area (Å²) in [6, 6.07) is 0. The predicted molar refractivity (Wildman–Crippen MR) is 45.9 cm³/mol. The molecule has 0 rings (SSSR count). The fourth-order valence-corrected chi connectivity index (χ4v) is 0.601. The molecule has 0 saturated carbocycles. The average molecular weight is 189 g/mol. The van der Waals surface area contributed by atoms with E-state index in [9.17, 15) is 9.59 Å². The molecular formula is C8H15NO4. The van der Waals surface area contributed by atoms with Gasteiger partial charge in [-0.05, 0) is 20.8 Å². The van der Waals surface area contributed by atoms with Crippen molar-refractivity contribution < 1.29 is 19.4 Å². The third kappa shape index (κ3) is 4.59. The van der Waals surface area contributed by atoms with Crippen molar-refractivity contribution in [3.63, 3.8) is 0 Å². The molecule has 0 aromatic carbocycles. The molecule has 5 heteroatoms. The van der Waals surface area contributed by atoms with E-state index >= 15 is 0 Å². The summed E-state index contributed by atoms with van der Waals surface area (Å²) in [6.45, 7) is 4.56. The number of nitrogens with two attached hydrogens (primary N) is 1. The second-order valence-electron chi connectivity index (χ2n) is 3.61. The van der Waals surface area contributed by atoms with Gasteiger partial charge >= 0.3 is 5.97 Å². The van der Waals surface area contributed by atoms with Crippen molar-refractivity contribution in [2.75, 3.05) is 6.54 Å². The molecule has 0 aliphatic carbocycles. The second-order valence-corrected chi connectivity index (χ2v) is 3.61. The number of Topliss-reactive ketones (excluding diaryl/α,β-unsaturated/α-hetero) is 1. The van der Waals surface area contributed by atoms with Crippen molar-refractivity contribution in [1.82, 2.24) is 0 Å². The fourth-order valence-electron chi connectivity index (χ4n) is 0.601. The quantitative estimate of drug-likeness (QED) is 0.449. The molecule has 0 aromatic rings. The molecule has 1 atom stereocenters. The van der Waals surface area contributed by atoms with Crippen LogP contribution in [0.15, 0.2) is 0 Å². The van der Waals surface area contributed by atoms with Crippen molar-refractivity contribution >= 4 is 11.8 Å². The van der Waals surface area contributed by atoms with Crippen LogP contribution in [-0.2, 0) is 14.3 Å². The SMILES string of the molecule is CC(C)(C)OC(=O)C(O)C(=O)CN. The summed E-state index contributed by atoms with van der Waals surface area (Å²) < 4.78 is 4.76. The van der Waals surface area contributed by atoms with E-state index < -0.39 is 23.5 Å². The van der Waals surface area contributed by atoms with Crippen LogP contribution in [0.5, 0.6) is 0 Å². The minimum Gasteiger partial charge on any atom is -0.458 e. The molecule has 13 heavy (non-hydrogen) atoms. The van der Waals surface area contributed by atoms with E-state index in [1.807, 2.05) is 0 Å². The van der Waals surface area contributed by atoms with Crippen LogP contribution in [-0.4, -0.2) is 35.1 Å². The number of hydrogen-bond donors (Lipinski definition) is 2. The zero-order valence-corrected chi connectivity index (χ0v) is 8.03. The third-order valence-electron chi connectivity index (χ3n) is 1.14. The molecule has 0 amide bonds. The van der Waals surface area contributed by atoms with Gasteiger partial charge in [-0.3, -0.25) is 4.79 Å². The molecule has 0 spiro atoms. The summed E-state index contributed by atoms with van der Waals surface area (Å²) in [5.41, 5.74) is 4.24. The first-order valence-electron chi connectivity index (χ1n) is 3.91. The minimum atomic E-state index is -1.76. The number of carbonyl (C=O) groups is 2. The number of ketones is 1. The molecule has 5 nitrogen and oxygen atoms in total. The van der Waals surface area contributed by atoms with Gasteiger partial charge in [0, 0.05) is 0 Å². The first-order chi connectivity index (χ1) is 5.78. The summed E-state index contributed by atoms with van der Waals surface area (Å²) in [5.74, 6) is -1.70. The first-order valence-corrected chi connectivity index (χ1v) is 3.91. The lowest BCUT2D eigenvalue weighted by Gasteiger charge is -2.20. The van der Waals surface area contributed by atoms with Gasteiger partial charge in [-0.2, -0.15) is 0 Å². The van der Waals surface area contributed by atoms with Gasteiger partial charge in [0.25, 0.3) is 0 Å². The topological polar surface area (TPSA) is 89.6 Å². The van der Waals surface area contributed by atoms with E-state index in [0.717, 1.165) is 0 Å². The molecule has 0 aliphatic rings. The maximum Gasteiger partial charge on any atom is 0.343 e. The molecule has 0 bridgehead atoms. The van der Waals surface area contributed by atoms with E-state index in [0.29, 0.717) is 0 Å². The van der Waals surface area contributed by atoms with Gasteiger partial charge in [0.2, 0.25) is 6.10 Å². The Balaban J connectivity index is 4.20. The molecule has 0 saturated heterocycles. The van der Waals surface area contributed by atoms with E-state index in [1.165, 1.54) is 0 Å². The number of rotatable bonds is 3. The maximum absolute atomic E-state index is 11.0. The van der Waals surface area contributed by atoms with Crippen molar-refractivity contribution in [1.29, 1.82) is 0 Å². The Morgan fingerprint density at radius 2 is 1.92 bits per heavy atom. The highest BCUT2D eigenvalue weighted by molar-refractivity contribution is 6.02. The molecule has 0 fully saturated rings. The smallest absolute Gasteiger partial charge is 0.343 e. The van der Waals surface area contributed by atoms with Gasteiger partial charge in [0.05, 0.1) is 6.54 Å². The van der Waals surface area contributed by atoms with Gasteiger partial charge in [-0.15, -0.1) is 0 Å². The zero-order chi connectivity index (χ0) is 10.6. The lowest BCUT2D eigenvalue weighted by molar-refractivity contribution is -0.167. The Morgan fingerprint density at radius 3 is 2.23 bits per heavy atom. The lowest BCUT2D eigenvalue weighted by Crippen LogP contribution is -2.39. The van der Waals surface area contributed by atoms with Crippen molar-refractivity contribution in [2.24, 2.45) is 5.73 Å². The number of esters is 1. The van der Waals surface area contributed by atoms with E-state index in [2.05, 4.69) is 0 Å². The Bertz CT molecular complexity index is 207. The average Bonchev–Trinajstić information content (AvgIpc) is 1.98. The Morgan fingerprint density at radius 1 is 1.46 bits per heavy atom. The molecule has 3 N–H and O–H groups in total. The van der Waals surface area contributed by atoms with Crippen LogP contribution in [0.1, 0.15) is 20.8 Å². The van der Waals surface area contributed by atoms with E-state index in [-0.39, 0.29) is 6.54 Å². The predicted octanol–water partition coefficient (Wildman–Crippen LogP) is -0.783. The Labute approximate surface area is 76.9 Å². The first kappa shape index (κ1) is 12.1. The third-order valence-corrected chi connectivity index (χ3v) is 1.14. The van der Waals surface area contributed by atoms with Crippen LogP contribution >= 0.6 is 0 Å². The lowest BCUT2D eigenvalue weighted by atomic mass is 10.2. The fraction of sp³-hybridized carbons (Fsp3) is 0.750. The van der Waals surface area contributed by atoms with Crippen LogP contribution in [0.25, 0.3) is 0 Å². The highest BCUT2D eigenvalue weighted by atomic mass is 16.6. The largest absolute Gasteiger partial charge is 0.458 e. The molecule has 0 aliphatic heterocycles. The summed E-state index contributed by atoms with van der Waals surface area (Å²) in [7, 11) is 0. The molecule has 0 radical (unpaired) electrons. The van der Waals surface area contributed by atoms with Crippen LogP contribution in [0.2, 0.25) is 0 Å². The standard InChI is InChI=1S/C8H15NO4/c1-8(2,3)13-7(12)6(11)5(10)4-9/h6,11H,4,9H2,1-3H3. The molecule has 76 valence electrons. The van der Waals surface area contributed by atoms with Gasteiger partial charge in [-0.25, -0.2) is 4.79 Å². The van der Waals surface area contributed by atoms with Gasteiger partial charge in [0.1, 0.15) is 5.60 Å². The minimum absolute atomic E-state index is 0.375. The normalized spacial score (nSPS) is 13.6. The van der Waals surface area contributed by atoms with Gasteiger partial charge in [0.15, 0.2) is 5.78 Å². The Hall–Kier alpha value is -0.940. The molecular weight excluding hydrogens is 174 g/mol. The van der Waals surface area contributed by atoms with Crippen LogP contribution in [0.3, 0.4) is 0 Å². The highest BCUT2D eigenvalue weighted by Crippen LogP contribution is 2.08. The van der Waals surface area contributed by atoms with E-state index in [1.54, 1.807) is 20.8 Å². The van der Waals surface area contributed by atoms with Gasteiger partial charge < -0.3 is 15.6 Å². The van der Waals surface area contributed by atoms with Crippen LogP contribution in [0.4, 0.5) is 0 Å².